The van der Waals surface area contributed by atoms with Crippen molar-refractivity contribution in [2.75, 3.05) is 20.3 Å². The Bertz CT molecular complexity index is 1480. The molecule has 3 fully saturated rings. The van der Waals surface area contributed by atoms with E-state index in [4.69, 9.17) is 37.9 Å². The van der Waals surface area contributed by atoms with Crippen LogP contribution in [0.15, 0.2) is 23.8 Å². The molecule has 2 heterocycles. The highest BCUT2D eigenvalue weighted by molar-refractivity contribution is 5.78. The third-order valence-corrected chi connectivity index (χ3v) is 10.2. The second kappa shape index (κ2) is 15.7. The zero-order valence-electron chi connectivity index (χ0n) is 31.5. The van der Waals surface area contributed by atoms with Crippen LogP contribution >= 0.6 is 0 Å². The summed E-state index contributed by atoms with van der Waals surface area (Å²) in [6.07, 6.45) is -4.84. The molecule has 1 saturated carbocycles. The molecule has 0 aromatic heterocycles. The highest BCUT2D eigenvalue weighted by atomic mass is 16.7. The lowest BCUT2D eigenvalue weighted by Crippen LogP contribution is -2.76. The molecule has 15 nitrogen and oxygen atoms in total. The molecule has 15 heteroatoms. The minimum atomic E-state index is -2.34. The van der Waals surface area contributed by atoms with E-state index in [1.807, 2.05) is 0 Å². The first-order chi connectivity index (χ1) is 24.2. The summed E-state index contributed by atoms with van der Waals surface area (Å²) < 4.78 is 47.7. The fourth-order valence-electron chi connectivity index (χ4n) is 7.96. The Morgan fingerprint density at radius 3 is 1.88 bits per heavy atom. The highest BCUT2D eigenvalue weighted by Crippen LogP contribution is 2.63. The topological polar surface area (TPSA) is 200 Å². The number of hydrogen-bond acceptors (Lipinski definition) is 15. The smallest absolute Gasteiger partial charge is 0.312 e. The number of fused-ring (bicyclic) bond motifs is 3. The summed E-state index contributed by atoms with van der Waals surface area (Å²) in [5.74, 6) is -7.74. The second-order valence-corrected chi connectivity index (χ2v) is 15.2. The third-order valence-electron chi connectivity index (χ3n) is 10.2. The van der Waals surface area contributed by atoms with E-state index in [1.54, 1.807) is 40.7 Å². The Balaban J connectivity index is 2.16. The standard InChI is InChI=1S/C37H52O15/c1-18(2)13-27(41)51-31-29(48-22(7)39)32(52-28(42)14-19(3)4)36(17-46-36)30-33(49-23(8)40)37(44)20(5)34(43)50-26(37)15-24(16-45-10)11-12-25(35(30,31)9)47-21(6)38/h11-12,15,18-20,25-26,29-33,44H,13-14,16-17H2,1-10H3/b12-11-,24-15+/t20-,25-,26-,29+,30+,31-,32+,33-,35+,36-,37-/m0/s1. The number of carbonyl (C=O) groups is 6. The molecule has 2 aliphatic heterocycles. The number of esters is 6. The predicted octanol–water partition coefficient (Wildman–Crippen LogP) is 2.54. The first kappa shape index (κ1) is 40.9. The van der Waals surface area contributed by atoms with Crippen molar-refractivity contribution < 1.29 is 71.8 Å². The molecule has 0 amide bonds. The van der Waals surface area contributed by atoms with Crippen molar-refractivity contribution >= 4 is 35.8 Å². The second-order valence-electron chi connectivity index (χ2n) is 15.2. The van der Waals surface area contributed by atoms with E-state index in [1.165, 1.54) is 33.1 Å². The van der Waals surface area contributed by atoms with Gasteiger partial charge in [-0.2, -0.15) is 0 Å². The van der Waals surface area contributed by atoms with Gasteiger partial charge >= 0.3 is 35.8 Å². The average molecular weight is 737 g/mol. The fourth-order valence-corrected chi connectivity index (χ4v) is 7.96. The molecule has 4 rings (SSSR count). The molecule has 2 saturated heterocycles. The van der Waals surface area contributed by atoms with Crippen LogP contribution in [-0.4, -0.2) is 109 Å². The minimum absolute atomic E-state index is 0.0516. The van der Waals surface area contributed by atoms with Gasteiger partial charge in [0, 0.05) is 46.6 Å². The maximum atomic E-state index is 13.7. The normalized spacial score (nSPS) is 38.2. The average Bonchev–Trinajstić information content (AvgIpc) is 3.76. The maximum Gasteiger partial charge on any atom is 0.312 e. The zero-order chi connectivity index (χ0) is 38.9. The lowest BCUT2D eigenvalue weighted by molar-refractivity contribution is -0.280. The largest absolute Gasteiger partial charge is 0.459 e. The molecule has 0 radical (unpaired) electrons. The van der Waals surface area contributed by atoms with Crippen LogP contribution in [0.1, 0.15) is 75.2 Å². The van der Waals surface area contributed by atoms with Crippen molar-refractivity contribution in [3.8, 4) is 0 Å². The van der Waals surface area contributed by atoms with Crippen molar-refractivity contribution in [2.24, 2.45) is 29.1 Å². The molecule has 4 aliphatic rings. The van der Waals surface area contributed by atoms with Gasteiger partial charge in [-0.25, -0.2) is 0 Å². The van der Waals surface area contributed by atoms with Crippen molar-refractivity contribution in [2.45, 2.75) is 123 Å². The number of ether oxygens (including phenoxy) is 8. The van der Waals surface area contributed by atoms with E-state index in [2.05, 4.69) is 0 Å². The van der Waals surface area contributed by atoms with Gasteiger partial charge in [0.2, 0.25) is 0 Å². The van der Waals surface area contributed by atoms with Gasteiger partial charge < -0.3 is 43.0 Å². The molecular formula is C37H52O15. The number of methoxy groups -OCH3 is 1. The number of epoxide rings is 1. The number of aliphatic hydroxyl groups is 1. The molecule has 1 spiro atoms. The Hall–Kier alpha value is -3.82. The van der Waals surface area contributed by atoms with E-state index < -0.39 is 101 Å². The fraction of sp³-hybridized carbons (Fsp3) is 0.730. The third kappa shape index (κ3) is 7.91. The Kier molecular flexibility index (Phi) is 12.3. The van der Waals surface area contributed by atoms with Gasteiger partial charge in [-0.1, -0.05) is 40.7 Å². The van der Waals surface area contributed by atoms with Crippen LogP contribution in [0.25, 0.3) is 0 Å². The van der Waals surface area contributed by atoms with E-state index in [-0.39, 0.29) is 37.9 Å². The first-order valence-electron chi connectivity index (χ1n) is 17.6. The van der Waals surface area contributed by atoms with Crippen molar-refractivity contribution in [1.82, 2.24) is 0 Å². The molecule has 290 valence electrons. The van der Waals surface area contributed by atoms with Gasteiger partial charge in [0.25, 0.3) is 0 Å². The van der Waals surface area contributed by atoms with Gasteiger partial charge in [-0.3, -0.25) is 28.8 Å². The zero-order valence-corrected chi connectivity index (χ0v) is 31.5. The lowest BCUT2D eigenvalue weighted by Gasteiger charge is -2.59. The van der Waals surface area contributed by atoms with E-state index in [9.17, 15) is 33.9 Å². The molecule has 0 aromatic rings. The molecule has 1 N–H and O–H groups in total. The quantitative estimate of drug-likeness (QED) is 0.184. The van der Waals surface area contributed by atoms with Gasteiger partial charge in [0.1, 0.15) is 17.8 Å². The van der Waals surface area contributed by atoms with Crippen molar-refractivity contribution in [3.63, 3.8) is 0 Å². The molecule has 2 aliphatic carbocycles. The van der Waals surface area contributed by atoms with Gasteiger partial charge in [-0.05, 0) is 36.5 Å². The van der Waals surface area contributed by atoms with Crippen molar-refractivity contribution in [1.29, 1.82) is 0 Å². The van der Waals surface area contributed by atoms with Crippen LogP contribution in [-0.2, 0) is 66.7 Å². The van der Waals surface area contributed by atoms with E-state index in [0.717, 1.165) is 13.8 Å². The Labute approximate surface area is 303 Å². The Morgan fingerprint density at radius 2 is 1.40 bits per heavy atom. The van der Waals surface area contributed by atoms with Gasteiger partial charge in [0.05, 0.1) is 24.5 Å². The van der Waals surface area contributed by atoms with Crippen LogP contribution in [0.5, 0.6) is 0 Å². The molecule has 0 unspecified atom stereocenters. The molecular weight excluding hydrogens is 684 g/mol. The summed E-state index contributed by atoms with van der Waals surface area (Å²) >= 11 is 0. The molecule has 0 bridgehead atoms. The van der Waals surface area contributed by atoms with E-state index >= 15 is 0 Å². The van der Waals surface area contributed by atoms with Gasteiger partial charge in [-0.15, -0.1) is 0 Å². The number of hydrogen-bond donors (Lipinski definition) is 1. The summed E-state index contributed by atoms with van der Waals surface area (Å²) in [5, 5.41) is 12.9. The van der Waals surface area contributed by atoms with E-state index in [0.29, 0.717) is 5.57 Å². The maximum absolute atomic E-state index is 13.7. The number of carbonyl (C=O) groups excluding carboxylic acids is 6. The minimum Gasteiger partial charge on any atom is -0.459 e. The summed E-state index contributed by atoms with van der Waals surface area (Å²) in [6, 6.07) is 0. The molecule has 0 aromatic carbocycles. The highest BCUT2D eigenvalue weighted by Gasteiger charge is 2.81. The van der Waals surface area contributed by atoms with Crippen LogP contribution < -0.4 is 0 Å². The SMILES string of the molecule is COCC1=C/[C@@H]2OC(=O)[C@H](C)[C@@]2(O)[C@@H](OC(C)=O)[C@H]2[C@@]3(CO3)[C@H](OC(=O)CC(C)C)[C@H](OC(C)=O)[C@H](OC(=O)CC(C)C)[C@]2(C)[C@@H](OC(C)=O)/C=C\1. The first-order valence-corrected chi connectivity index (χ1v) is 17.6. The van der Waals surface area contributed by atoms with Crippen LogP contribution in [0, 0.1) is 29.1 Å². The van der Waals surface area contributed by atoms with Crippen LogP contribution in [0.2, 0.25) is 0 Å². The summed E-state index contributed by atoms with van der Waals surface area (Å²) in [5.41, 5.74) is -5.51. The summed E-state index contributed by atoms with van der Waals surface area (Å²) in [7, 11) is 1.43. The van der Waals surface area contributed by atoms with Crippen LogP contribution in [0.4, 0.5) is 0 Å². The molecule has 52 heavy (non-hydrogen) atoms. The van der Waals surface area contributed by atoms with Gasteiger partial charge in [0.15, 0.2) is 30.0 Å². The predicted molar refractivity (Wildman–Crippen MR) is 179 cm³/mol. The Morgan fingerprint density at radius 1 is 0.865 bits per heavy atom. The lowest BCUT2D eigenvalue weighted by atomic mass is 9.51. The monoisotopic (exact) mass is 736 g/mol. The van der Waals surface area contributed by atoms with Crippen LogP contribution in [0.3, 0.4) is 0 Å². The molecule has 11 atom stereocenters. The summed E-state index contributed by atoms with van der Waals surface area (Å²) in [6.45, 7) is 13.3. The summed E-state index contributed by atoms with van der Waals surface area (Å²) in [4.78, 5) is 79.5. The number of rotatable bonds is 11. The van der Waals surface area contributed by atoms with Crippen molar-refractivity contribution in [3.05, 3.63) is 23.8 Å².